The number of ether oxygens (including phenoxy) is 1. The molecule has 0 radical (unpaired) electrons. The number of carbonyl (C=O) groups excluding carboxylic acids is 2. The molecule has 182 valence electrons. The summed E-state index contributed by atoms with van der Waals surface area (Å²) in [4.78, 5) is 34.8. The van der Waals surface area contributed by atoms with E-state index in [9.17, 15) is 9.59 Å². The highest BCUT2D eigenvalue weighted by Crippen LogP contribution is 2.36. The summed E-state index contributed by atoms with van der Waals surface area (Å²) in [6.45, 7) is 3.19. The zero-order valence-electron chi connectivity index (χ0n) is 20.1. The Morgan fingerprint density at radius 2 is 1.51 bits per heavy atom. The van der Waals surface area contributed by atoms with Gasteiger partial charge in [-0.3, -0.25) is 14.5 Å². The highest BCUT2D eigenvalue weighted by atomic mass is 35.5. The largest absolute Gasteiger partial charge is 0.494 e. The monoisotopic (exact) mass is 509 g/mol. The Morgan fingerprint density at radius 1 is 0.886 bits per heavy atom. The Morgan fingerprint density at radius 3 is 2.14 bits per heavy atom. The predicted octanol–water partition coefficient (Wildman–Crippen LogP) is 5.47. The number of ketones is 1. The molecule has 1 aromatic heterocycles. The van der Waals surface area contributed by atoms with Crippen LogP contribution in [0.4, 0.5) is 5.13 Å². The summed E-state index contributed by atoms with van der Waals surface area (Å²) in [5.41, 5.74) is 3.51. The van der Waals surface area contributed by atoms with Crippen LogP contribution in [-0.2, 0) is 0 Å². The molecule has 1 heterocycles. The van der Waals surface area contributed by atoms with Crippen molar-refractivity contribution in [2.24, 2.45) is 0 Å². The van der Waals surface area contributed by atoms with Gasteiger partial charge in [-0.15, -0.1) is 12.4 Å². The van der Waals surface area contributed by atoms with Crippen LogP contribution >= 0.6 is 23.7 Å². The summed E-state index contributed by atoms with van der Waals surface area (Å²) >= 11 is 1.48. The molecule has 1 amide bonds. The Bertz CT molecular complexity index is 1320. The number of likely N-dealkylation sites (N-methyl/N-ethyl adjacent to an activating group) is 1. The summed E-state index contributed by atoms with van der Waals surface area (Å²) in [5, 5.41) is 0.624. The molecule has 0 bridgehead atoms. The molecule has 0 saturated carbocycles. The van der Waals surface area contributed by atoms with Crippen molar-refractivity contribution in [1.82, 2.24) is 9.88 Å². The van der Waals surface area contributed by atoms with Crippen LogP contribution in [0.5, 0.6) is 5.75 Å². The van der Waals surface area contributed by atoms with Crippen LogP contribution in [0.2, 0.25) is 0 Å². The van der Waals surface area contributed by atoms with E-state index in [2.05, 4.69) is 0 Å². The van der Waals surface area contributed by atoms with E-state index in [0.29, 0.717) is 40.7 Å². The molecular weight excluding hydrogens is 482 g/mol. The van der Waals surface area contributed by atoms with Crippen LogP contribution in [0.15, 0.2) is 66.7 Å². The van der Waals surface area contributed by atoms with Crippen molar-refractivity contribution in [3.63, 3.8) is 0 Å². The van der Waals surface area contributed by atoms with Crippen LogP contribution < -0.4 is 9.64 Å². The maximum atomic E-state index is 13.6. The molecule has 0 unspecified atom stereocenters. The van der Waals surface area contributed by atoms with Crippen molar-refractivity contribution >= 4 is 50.8 Å². The van der Waals surface area contributed by atoms with Gasteiger partial charge in [0, 0.05) is 29.8 Å². The normalized spacial score (nSPS) is 10.8. The maximum Gasteiger partial charge on any atom is 0.260 e. The summed E-state index contributed by atoms with van der Waals surface area (Å²) < 4.78 is 6.49. The van der Waals surface area contributed by atoms with Gasteiger partial charge in [-0.2, -0.15) is 0 Å². The lowest BCUT2D eigenvalue weighted by Gasteiger charge is -2.22. The van der Waals surface area contributed by atoms with Gasteiger partial charge in [-0.05, 0) is 44.8 Å². The van der Waals surface area contributed by atoms with Crippen LogP contribution in [0, 0.1) is 6.92 Å². The number of anilines is 1. The highest BCUT2D eigenvalue weighted by Gasteiger charge is 2.23. The first-order chi connectivity index (χ1) is 16.4. The lowest BCUT2D eigenvalue weighted by molar-refractivity contribution is 0.0982. The first kappa shape index (κ1) is 26.3. The minimum absolute atomic E-state index is 0. The van der Waals surface area contributed by atoms with Crippen molar-refractivity contribution < 1.29 is 14.3 Å². The van der Waals surface area contributed by atoms with Crippen molar-refractivity contribution in [1.29, 1.82) is 0 Å². The van der Waals surface area contributed by atoms with Crippen LogP contribution in [0.25, 0.3) is 10.2 Å². The van der Waals surface area contributed by atoms with Gasteiger partial charge in [0.25, 0.3) is 5.91 Å². The number of hydrogen-bond donors (Lipinski definition) is 0. The lowest BCUT2D eigenvalue weighted by Crippen LogP contribution is -2.36. The first-order valence-electron chi connectivity index (χ1n) is 11.0. The Kier molecular flexibility index (Phi) is 8.62. The number of nitrogens with zero attached hydrogens (tertiary/aromatic N) is 3. The fourth-order valence-electron chi connectivity index (χ4n) is 3.64. The van der Waals surface area contributed by atoms with Crippen molar-refractivity contribution in [2.45, 2.75) is 6.92 Å². The van der Waals surface area contributed by atoms with Gasteiger partial charge < -0.3 is 9.64 Å². The van der Waals surface area contributed by atoms with Crippen LogP contribution in [0.3, 0.4) is 0 Å². The average molecular weight is 510 g/mol. The van der Waals surface area contributed by atoms with Gasteiger partial charge in [-0.25, -0.2) is 4.98 Å². The van der Waals surface area contributed by atoms with Gasteiger partial charge in [0.2, 0.25) is 0 Å². The van der Waals surface area contributed by atoms with Crippen molar-refractivity contribution in [2.75, 3.05) is 39.2 Å². The molecule has 0 saturated heterocycles. The van der Waals surface area contributed by atoms with Crippen molar-refractivity contribution in [3.05, 3.63) is 89.0 Å². The number of aromatic nitrogens is 1. The quantitative estimate of drug-likeness (QED) is 0.294. The molecule has 0 aliphatic rings. The fraction of sp³-hybridized carbons (Fsp3) is 0.222. The minimum atomic E-state index is -0.156. The average Bonchev–Trinajstić information content (AvgIpc) is 3.30. The number of rotatable bonds is 8. The van der Waals surface area contributed by atoms with Gasteiger partial charge >= 0.3 is 0 Å². The van der Waals surface area contributed by atoms with E-state index in [1.54, 1.807) is 48.4 Å². The number of aryl methyl sites for hydroxylation is 1. The molecule has 4 rings (SSSR count). The zero-order valence-corrected chi connectivity index (χ0v) is 21.8. The van der Waals surface area contributed by atoms with E-state index in [0.717, 1.165) is 15.8 Å². The number of halogens is 1. The van der Waals surface area contributed by atoms with Gasteiger partial charge in [-0.1, -0.05) is 59.9 Å². The van der Waals surface area contributed by atoms with Gasteiger partial charge in [0.15, 0.2) is 10.9 Å². The van der Waals surface area contributed by atoms with Crippen LogP contribution in [0.1, 0.15) is 31.8 Å². The summed E-state index contributed by atoms with van der Waals surface area (Å²) in [6.07, 6.45) is 0. The molecule has 35 heavy (non-hydrogen) atoms. The minimum Gasteiger partial charge on any atom is -0.494 e. The smallest absolute Gasteiger partial charge is 0.260 e. The number of amides is 1. The van der Waals surface area contributed by atoms with Crippen molar-refractivity contribution in [3.8, 4) is 5.75 Å². The third-order valence-electron chi connectivity index (χ3n) is 5.59. The number of fused-ring (bicyclic) bond motifs is 1. The summed E-state index contributed by atoms with van der Waals surface area (Å²) in [5.74, 6) is 0.459. The second-order valence-corrected chi connectivity index (χ2v) is 9.27. The van der Waals surface area contributed by atoms with E-state index in [4.69, 9.17) is 9.72 Å². The summed E-state index contributed by atoms with van der Waals surface area (Å²) in [6, 6.07) is 19.8. The fourth-order valence-corrected chi connectivity index (χ4v) is 4.71. The second kappa shape index (κ2) is 11.4. The molecule has 3 aromatic carbocycles. The molecule has 0 atom stereocenters. The molecule has 8 heteroatoms. The molecule has 4 aromatic rings. The topological polar surface area (TPSA) is 62.7 Å². The van der Waals surface area contributed by atoms with Gasteiger partial charge in [0.1, 0.15) is 11.3 Å². The number of carbonyl (C=O) groups is 2. The number of methoxy groups -OCH3 is 1. The standard InChI is InChI=1S/C27H27N3O3S.ClH/c1-18-10-15-22(33-4)23-25(18)34-27(28-23)30(17-16-29(2)3)26(32)21-13-11-20(12-14-21)24(31)19-8-6-5-7-9-19;/h5-15H,16-17H2,1-4H3;1H. The molecule has 0 aliphatic carbocycles. The van der Waals surface area contributed by atoms with E-state index in [-0.39, 0.29) is 24.1 Å². The first-order valence-corrected chi connectivity index (χ1v) is 11.8. The Labute approximate surface area is 215 Å². The molecule has 0 spiro atoms. The van der Waals surface area contributed by atoms with Crippen LogP contribution in [-0.4, -0.2) is 55.9 Å². The lowest BCUT2D eigenvalue weighted by atomic mass is 10.0. The molecular formula is C27H28ClN3O3S. The predicted molar refractivity (Wildman–Crippen MR) is 145 cm³/mol. The second-order valence-electron chi connectivity index (χ2n) is 8.29. The zero-order chi connectivity index (χ0) is 24.2. The number of benzene rings is 3. The van der Waals surface area contributed by atoms with E-state index in [1.165, 1.54) is 11.3 Å². The van der Waals surface area contributed by atoms with Gasteiger partial charge in [0.05, 0.1) is 11.8 Å². The van der Waals surface area contributed by atoms with E-state index >= 15 is 0 Å². The Hall–Kier alpha value is -3.26. The van der Waals surface area contributed by atoms with E-state index in [1.807, 2.05) is 56.3 Å². The molecule has 0 fully saturated rings. The number of hydrogen-bond acceptors (Lipinski definition) is 6. The number of thiazole rings is 1. The van der Waals surface area contributed by atoms with E-state index < -0.39 is 0 Å². The third kappa shape index (κ3) is 5.70. The molecule has 0 N–H and O–H groups in total. The molecule has 6 nitrogen and oxygen atoms in total. The highest BCUT2D eigenvalue weighted by molar-refractivity contribution is 7.22. The Balaban J connectivity index is 0.00000342. The third-order valence-corrected chi connectivity index (χ3v) is 6.80. The maximum absolute atomic E-state index is 13.6. The molecule has 0 aliphatic heterocycles. The SMILES string of the molecule is COc1ccc(C)c2sc(N(CCN(C)C)C(=O)c3ccc(C(=O)c4ccccc4)cc3)nc12.Cl. The summed E-state index contributed by atoms with van der Waals surface area (Å²) in [7, 11) is 5.56.